The van der Waals surface area contributed by atoms with Gasteiger partial charge in [0, 0.05) is 21.8 Å². The lowest BCUT2D eigenvalue weighted by Crippen LogP contribution is -2.14. The lowest BCUT2D eigenvalue weighted by molar-refractivity contribution is 0.585. The van der Waals surface area contributed by atoms with Crippen molar-refractivity contribution in [2.24, 2.45) is 0 Å². The Hall–Kier alpha value is -1.61. The molecular weight excluding hydrogens is 468 g/mol. The number of hydrogen-bond acceptors (Lipinski definition) is 3. The van der Waals surface area contributed by atoms with E-state index in [1.807, 2.05) is 0 Å². The number of halogens is 4. The predicted octanol–water partition coefficient (Wildman–Crippen LogP) is 4.94. The van der Waals surface area contributed by atoms with Crippen LogP contribution in [0.25, 0.3) is 0 Å². The molecule has 1 N–H and O–H groups in total. The lowest BCUT2D eigenvalue weighted by Gasteiger charge is -2.07. The molecule has 0 unspecified atom stereocenters. The van der Waals surface area contributed by atoms with Gasteiger partial charge >= 0.3 is 0 Å². The maximum absolute atomic E-state index is 13.9. The zero-order valence-corrected chi connectivity index (χ0v) is 16.9. The van der Waals surface area contributed by atoms with Crippen LogP contribution in [-0.4, -0.2) is 18.2 Å². The largest absolute Gasteiger partial charge is 0.265 e. The zero-order valence-electron chi connectivity index (χ0n) is 13.0. The first-order chi connectivity index (χ1) is 12.3. The van der Waals surface area contributed by atoms with E-state index < -0.39 is 15.8 Å². The fraction of sp³-hybridized carbons (Fsp3) is 0.0625. The van der Waals surface area contributed by atoms with Crippen LogP contribution in [0, 0.1) is 5.82 Å². The summed E-state index contributed by atoms with van der Waals surface area (Å²) in [6.45, 7) is 0.0484. The average molecular weight is 479 g/mol. The summed E-state index contributed by atoms with van der Waals surface area (Å²) < 4.78 is 42.9. The van der Waals surface area contributed by atoms with Crippen molar-refractivity contribution < 1.29 is 12.8 Å². The summed E-state index contributed by atoms with van der Waals surface area (Å²) in [6, 6.07) is 10.1. The summed E-state index contributed by atoms with van der Waals surface area (Å²) in [6.07, 6.45) is 1.53. The van der Waals surface area contributed by atoms with Crippen LogP contribution in [0.15, 0.2) is 58.0 Å². The van der Waals surface area contributed by atoms with Gasteiger partial charge in [-0.1, -0.05) is 29.3 Å². The summed E-state index contributed by atoms with van der Waals surface area (Å²) in [5.41, 5.74) is 0.260. The third-order valence-corrected chi connectivity index (χ3v) is 6.00. The molecule has 10 heteroatoms. The zero-order chi connectivity index (χ0) is 18.9. The van der Waals surface area contributed by atoms with Crippen molar-refractivity contribution in [3.8, 4) is 0 Å². The van der Waals surface area contributed by atoms with Crippen LogP contribution in [-0.2, 0) is 16.6 Å². The van der Waals surface area contributed by atoms with Gasteiger partial charge in [0.05, 0.1) is 15.9 Å². The van der Waals surface area contributed by atoms with Crippen LogP contribution in [0.1, 0.15) is 5.56 Å². The minimum atomic E-state index is -3.84. The fourth-order valence-corrected chi connectivity index (χ4v) is 4.10. The molecule has 26 heavy (non-hydrogen) atoms. The first-order valence-corrected chi connectivity index (χ1v) is 10.2. The average Bonchev–Trinajstić information content (AvgIpc) is 2.90. The van der Waals surface area contributed by atoms with Crippen LogP contribution in [0.3, 0.4) is 0 Å². The van der Waals surface area contributed by atoms with E-state index in [1.165, 1.54) is 47.3 Å². The highest BCUT2D eigenvalue weighted by molar-refractivity contribution is 9.10. The van der Waals surface area contributed by atoms with Crippen LogP contribution in [0.2, 0.25) is 10.0 Å². The SMILES string of the molecule is O=S(=O)(Nc1nn(Cc2c(F)cccc2Cl)cc1Br)c1ccc(Cl)cc1. The first-order valence-electron chi connectivity index (χ1n) is 7.20. The van der Waals surface area contributed by atoms with Crippen LogP contribution in [0.4, 0.5) is 10.2 Å². The molecule has 0 amide bonds. The number of anilines is 1. The lowest BCUT2D eigenvalue weighted by atomic mass is 10.2. The Kier molecular flexibility index (Phi) is 5.57. The van der Waals surface area contributed by atoms with Gasteiger partial charge in [0.25, 0.3) is 10.0 Å². The van der Waals surface area contributed by atoms with Crippen molar-refractivity contribution in [2.45, 2.75) is 11.4 Å². The predicted molar refractivity (Wildman–Crippen MR) is 103 cm³/mol. The molecule has 136 valence electrons. The molecule has 0 aliphatic rings. The Morgan fingerprint density at radius 1 is 1.15 bits per heavy atom. The van der Waals surface area contributed by atoms with E-state index in [4.69, 9.17) is 23.2 Å². The number of rotatable bonds is 5. The molecule has 0 radical (unpaired) electrons. The molecule has 0 aliphatic carbocycles. The number of nitrogens with zero attached hydrogens (tertiary/aromatic N) is 2. The van der Waals surface area contributed by atoms with Crippen LogP contribution in [0.5, 0.6) is 0 Å². The highest BCUT2D eigenvalue weighted by Gasteiger charge is 2.18. The van der Waals surface area contributed by atoms with E-state index >= 15 is 0 Å². The molecule has 1 aromatic heterocycles. The number of aromatic nitrogens is 2. The van der Waals surface area contributed by atoms with Crippen molar-refractivity contribution in [1.82, 2.24) is 9.78 Å². The van der Waals surface area contributed by atoms with Gasteiger partial charge in [-0.2, -0.15) is 5.10 Å². The topological polar surface area (TPSA) is 64.0 Å². The van der Waals surface area contributed by atoms with E-state index in [9.17, 15) is 12.8 Å². The molecule has 3 rings (SSSR count). The van der Waals surface area contributed by atoms with E-state index in [2.05, 4.69) is 25.8 Å². The van der Waals surface area contributed by atoms with Gasteiger partial charge in [-0.3, -0.25) is 9.40 Å². The molecular formula is C16H11BrCl2FN3O2S. The molecule has 2 aromatic carbocycles. The molecule has 0 saturated heterocycles. The quantitative estimate of drug-likeness (QED) is 0.564. The van der Waals surface area contributed by atoms with Gasteiger partial charge in [0.1, 0.15) is 5.82 Å². The first kappa shape index (κ1) is 19.2. The summed E-state index contributed by atoms with van der Waals surface area (Å²) in [7, 11) is -3.84. The molecule has 1 heterocycles. The summed E-state index contributed by atoms with van der Waals surface area (Å²) in [5, 5.41) is 4.83. The van der Waals surface area contributed by atoms with Gasteiger partial charge in [-0.25, -0.2) is 12.8 Å². The Labute approximate surface area is 167 Å². The van der Waals surface area contributed by atoms with Gasteiger partial charge in [0.15, 0.2) is 5.82 Å². The Balaban J connectivity index is 1.85. The number of benzene rings is 2. The second-order valence-electron chi connectivity index (χ2n) is 5.28. The maximum Gasteiger partial charge on any atom is 0.263 e. The second-order valence-corrected chi connectivity index (χ2v) is 8.66. The monoisotopic (exact) mass is 477 g/mol. The number of hydrogen-bond donors (Lipinski definition) is 1. The highest BCUT2D eigenvalue weighted by Crippen LogP contribution is 2.26. The minimum Gasteiger partial charge on any atom is -0.265 e. The van der Waals surface area contributed by atoms with Crippen molar-refractivity contribution in [3.05, 3.63) is 74.6 Å². The highest BCUT2D eigenvalue weighted by atomic mass is 79.9. The van der Waals surface area contributed by atoms with Gasteiger partial charge in [0.2, 0.25) is 0 Å². The smallest absolute Gasteiger partial charge is 0.263 e. The molecule has 3 aromatic rings. The fourth-order valence-electron chi connectivity index (χ4n) is 2.19. The Morgan fingerprint density at radius 2 is 1.85 bits per heavy atom. The standard InChI is InChI=1S/C16H11BrCl2FN3O2S/c17-13-9-23(8-12-14(19)2-1-3-15(12)20)21-16(13)22-26(24,25)11-6-4-10(18)5-7-11/h1-7,9H,8H2,(H,21,22). The molecule has 0 fully saturated rings. The summed E-state index contributed by atoms with van der Waals surface area (Å²) in [4.78, 5) is 0.0421. The second kappa shape index (κ2) is 7.56. The van der Waals surface area contributed by atoms with Gasteiger partial charge < -0.3 is 0 Å². The Morgan fingerprint density at radius 3 is 2.50 bits per heavy atom. The molecule has 0 atom stereocenters. The number of sulfonamides is 1. The van der Waals surface area contributed by atoms with Crippen LogP contribution >= 0.6 is 39.1 Å². The van der Waals surface area contributed by atoms with Crippen molar-refractivity contribution in [3.63, 3.8) is 0 Å². The van der Waals surface area contributed by atoms with Crippen molar-refractivity contribution >= 4 is 55.0 Å². The third kappa shape index (κ3) is 4.20. The minimum absolute atomic E-state index is 0.0421. The van der Waals surface area contributed by atoms with Crippen LogP contribution < -0.4 is 4.72 Å². The molecule has 0 aliphatic heterocycles. The van der Waals surface area contributed by atoms with Gasteiger partial charge in [-0.15, -0.1) is 0 Å². The normalized spacial score (nSPS) is 11.5. The summed E-state index contributed by atoms with van der Waals surface area (Å²) in [5.74, 6) is -0.389. The molecule has 0 spiro atoms. The van der Waals surface area contributed by atoms with Crippen molar-refractivity contribution in [1.29, 1.82) is 0 Å². The molecule has 0 saturated carbocycles. The van der Waals surface area contributed by atoms with E-state index in [1.54, 1.807) is 6.07 Å². The molecule has 0 bridgehead atoms. The maximum atomic E-state index is 13.9. The van der Waals surface area contributed by atoms with E-state index in [0.717, 1.165) is 0 Å². The number of nitrogens with one attached hydrogen (secondary N) is 1. The van der Waals surface area contributed by atoms with Gasteiger partial charge in [-0.05, 0) is 52.3 Å². The van der Waals surface area contributed by atoms with E-state index in [-0.39, 0.29) is 27.8 Å². The van der Waals surface area contributed by atoms with E-state index in [0.29, 0.717) is 9.50 Å². The molecule has 5 nitrogen and oxygen atoms in total. The third-order valence-electron chi connectivity index (χ3n) is 3.45. The Bertz CT molecular complexity index is 1040. The summed E-state index contributed by atoms with van der Waals surface area (Å²) >= 11 is 15.0. The van der Waals surface area contributed by atoms with Crippen molar-refractivity contribution in [2.75, 3.05) is 4.72 Å².